The van der Waals surface area contributed by atoms with Crippen LogP contribution in [0.25, 0.3) is 10.9 Å². The van der Waals surface area contributed by atoms with Gasteiger partial charge in [0.05, 0.1) is 23.3 Å². The summed E-state index contributed by atoms with van der Waals surface area (Å²) in [4.78, 5) is 0. The summed E-state index contributed by atoms with van der Waals surface area (Å²) in [6, 6.07) is 9.93. The third kappa shape index (κ3) is 2.20. The summed E-state index contributed by atoms with van der Waals surface area (Å²) in [6.45, 7) is 0. The molecule has 5 atom stereocenters. The molecule has 1 aliphatic heterocycles. The SMILES string of the molecule is FC(F)(F)c1ccc([C@@H]2Nc3ccc4[nH]ncc4c3[C@H]3C4CCC(C4)[C@@H]23)cc1. The standard InChI is InChI=1S/C22H20F3N3/c23-22(24,25)14-5-3-11(4-6-14)21-19-13-2-1-12(9-13)18(19)20-15-10-26-28-16(15)7-8-17(20)27-21/h3-8,10,12-13,18-19,21,27H,1-2,9H2,(H,26,28)/t12?,13?,18-,19+,21-/m0/s1. The van der Waals surface area contributed by atoms with Gasteiger partial charge in [-0.3, -0.25) is 5.10 Å². The zero-order chi connectivity index (χ0) is 19.0. The molecular weight excluding hydrogens is 363 g/mol. The number of hydrogen-bond donors (Lipinski definition) is 2. The van der Waals surface area contributed by atoms with E-state index in [1.807, 2.05) is 12.3 Å². The second-order valence-electron chi connectivity index (χ2n) is 8.54. The van der Waals surface area contributed by atoms with Crippen LogP contribution in [0, 0.1) is 17.8 Å². The van der Waals surface area contributed by atoms with Crippen molar-refractivity contribution in [1.82, 2.24) is 10.2 Å². The van der Waals surface area contributed by atoms with E-state index in [9.17, 15) is 13.2 Å². The molecule has 2 N–H and O–H groups in total. The Morgan fingerprint density at radius 3 is 2.54 bits per heavy atom. The van der Waals surface area contributed by atoms with Gasteiger partial charge in [0.2, 0.25) is 0 Å². The molecule has 28 heavy (non-hydrogen) atoms. The molecule has 2 aliphatic carbocycles. The lowest BCUT2D eigenvalue weighted by atomic mass is 9.67. The normalized spacial score (nSPS) is 30.9. The van der Waals surface area contributed by atoms with Crippen molar-refractivity contribution in [3.63, 3.8) is 0 Å². The number of rotatable bonds is 1. The van der Waals surface area contributed by atoms with Crippen LogP contribution >= 0.6 is 0 Å². The van der Waals surface area contributed by atoms with Gasteiger partial charge in [0.1, 0.15) is 0 Å². The highest BCUT2D eigenvalue weighted by Gasteiger charge is 2.54. The van der Waals surface area contributed by atoms with Crippen LogP contribution in [0.15, 0.2) is 42.6 Å². The Labute approximate surface area is 160 Å². The van der Waals surface area contributed by atoms with Crippen LogP contribution in [0.2, 0.25) is 0 Å². The maximum atomic E-state index is 13.0. The summed E-state index contributed by atoms with van der Waals surface area (Å²) in [7, 11) is 0. The first-order valence-corrected chi connectivity index (χ1v) is 9.90. The van der Waals surface area contributed by atoms with E-state index in [2.05, 4.69) is 21.6 Å². The van der Waals surface area contributed by atoms with E-state index in [1.54, 1.807) is 12.1 Å². The number of halogens is 3. The van der Waals surface area contributed by atoms with Crippen molar-refractivity contribution in [2.45, 2.75) is 37.4 Å². The summed E-state index contributed by atoms with van der Waals surface area (Å²) >= 11 is 0. The van der Waals surface area contributed by atoms with Gasteiger partial charge in [0, 0.05) is 11.1 Å². The predicted octanol–water partition coefficient (Wildman–Crippen LogP) is 5.88. The van der Waals surface area contributed by atoms with Crippen molar-refractivity contribution in [3.8, 4) is 0 Å². The summed E-state index contributed by atoms with van der Waals surface area (Å²) in [5.41, 5.74) is 3.87. The number of aromatic amines is 1. The minimum atomic E-state index is -4.30. The molecule has 0 radical (unpaired) electrons. The fraction of sp³-hybridized carbons (Fsp3) is 0.409. The molecule has 3 aliphatic rings. The second kappa shape index (κ2) is 5.52. The molecule has 6 heteroatoms. The minimum absolute atomic E-state index is 0.0550. The van der Waals surface area contributed by atoms with E-state index < -0.39 is 11.7 Å². The molecule has 2 saturated carbocycles. The van der Waals surface area contributed by atoms with E-state index in [4.69, 9.17) is 0 Å². The van der Waals surface area contributed by atoms with E-state index in [0.29, 0.717) is 23.7 Å². The molecule has 2 fully saturated rings. The van der Waals surface area contributed by atoms with Gasteiger partial charge in [0.15, 0.2) is 0 Å². The number of anilines is 1. The van der Waals surface area contributed by atoms with Gasteiger partial charge in [-0.1, -0.05) is 12.1 Å². The summed E-state index contributed by atoms with van der Waals surface area (Å²) in [5, 5.41) is 12.2. The summed E-state index contributed by atoms with van der Waals surface area (Å²) < 4.78 is 39.0. The Hall–Kier alpha value is -2.50. The van der Waals surface area contributed by atoms with Gasteiger partial charge in [-0.05, 0) is 78.3 Å². The Balaban J connectivity index is 1.47. The lowest BCUT2D eigenvalue weighted by Crippen LogP contribution is -2.35. The number of nitrogens with zero attached hydrogens (tertiary/aromatic N) is 1. The first kappa shape index (κ1) is 16.5. The Kier molecular flexibility index (Phi) is 3.24. The zero-order valence-corrected chi connectivity index (χ0v) is 15.1. The number of aromatic nitrogens is 2. The minimum Gasteiger partial charge on any atom is -0.378 e. The summed E-state index contributed by atoms with van der Waals surface area (Å²) in [6.07, 6.45) is 1.31. The summed E-state index contributed by atoms with van der Waals surface area (Å²) in [5.74, 6) is 2.16. The molecular formula is C22H20F3N3. The fourth-order valence-electron chi connectivity index (χ4n) is 6.22. The number of fused-ring (bicyclic) bond motifs is 9. The van der Waals surface area contributed by atoms with E-state index in [-0.39, 0.29) is 6.04 Å². The number of nitrogens with one attached hydrogen (secondary N) is 2. The Bertz CT molecular complexity index is 1050. The molecule has 0 spiro atoms. The highest BCUT2D eigenvalue weighted by atomic mass is 19.4. The highest BCUT2D eigenvalue weighted by molar-refractivity contribution is 5.88. The van der Waals surface area contributed by atoms with Crippen LogP contribution in [0.5, 0.6) is 0 Å². The van der Waals surface area contributed by atoms with E-state index in [0.717, 1.165) is 16.8 Å². The maximum absolute atomic E-state index is 13.0. The quantitative estimate of drug-likeness (QED) is 0.551. The smallest absolute Gasteiger partial charge is 0.378 e. The number of benzene rings is 2. The molecule has 3 nitrogen and oxygen atoms in total. The lowest BCUT2D eigenvalue weighted by Gasteiger charge is -2.43. The molecule has 0 amide bonds. The molecule has 3 aromatic rings. The van der Waals surface area contributed by atoms with Gasteiger partial charge < -0.3 is 5.32 Å². The first-order chi connectivity index (χ1) is 13.5. The van der Waals surface area contributed by atoms with Gasteiger partial charge in [-0.15, -0.1) is 0 Å². The van der Waals surface area contributed by atoms with Gasteiger partial charge in [-0.2, -0.15) is 18.3 Å². The average molecular weight is 383 g/mol. The highest BCUT2D eigenvalue weighted by Crippen LogP contribution is 2.64. The second-order valence-corrected chi connectivity index (χ2v) is 8.54. The van der Waals surface area contributed by atoms with Crippen LogP contribution in [0.3, 0.4) is 0 Å². The largest absolute Gasteiger partial charge is 0.416 e. The van der Waals surface area contributed by atoms with Crippen LogP contribution in [-0.4, -0.2) is 10.2 Å². The Morgan fingerprint density at radius 2 is 1.75 bits per heavy atom. The molecule has 2 unspecified atom stereocenters. The van der Waals surface area contributed by atoms with Gasteiger partial charge in [-0.25, -0.2) is 0 Å². The number of alkyl halides is 3. The molecule has 2 bridgehead atoms. The van der Waals surface area contributed by atoms with Crippen molar-refractivity contribution >= 4 is 16.6 Å². The van der Waals surface area contributed by atoms with Crippen LogP contribution in [0.1, 0.15) is 47.9 Å². The van der Waals surface area contributed by atoms with Crippen LogP contribution in [-0.2, 0) is 6.18 Å². The van der Waals surface area contributed by atoms with Gasteiger partial charge in [0.25, 0.3) is 0 Å². The van der Waals surface area contributed by atoms with Crippen LogP contribution in [0.4, 0.5) is 18.9 Å². The van der Waals surface area contributed by atoms with Crippen LogP contribution < -0.4 is 5.32 Å². The van der Waals surface area contributed by atoms with Crippen molar-refractivity contribution in [2.75, 3.05) is 5.32 Å². The molecule has 144 valence electrons. The van der Waals surface area contributed by atoms with Crippen molar-refractivity contribution in [3.05, 3.63) is 59.3 Å². The molecule has 0 saturated heterocycles. The zero-order valence-electron chi connectivity index (χ0n) is 15.1. The molecule has 1 aromatic heterocycles. The van der Waals surface area contributed by atoms with Crippen molar-refractivity contribution in [1.29, 1.82) is 0 Å². The van der Waals surface area contributed by atoms with E-state index in [1.165, 1.54) is 42.3 Å². The monoisotopic (exact) mass is 383 g/mol. The predicted molar refractivity (Wildman–Crippen MR) is 101 cm³/mol. The third-order valence-corrected chi connectivity index (χ3v) is 7.27. The fourth-order valence-corrected chi connectivity index (χ4v) is 6.22. The lowest BCUT2D eigenvalue weighted by molar-refractivity contribution is -0.137. The third-order valence-electron chi connectivity index (χ3n) is 7.27. The number of H-pyrrole nitrogens is 1. The average Bonchev–Trinajstić information content (AvgIpc) is 3.42. The van der Waals surface area contributed by atoms with E-state index >= 15 is 0 Å². The molecule has 2 aromatic carbocycles. The van der Waals surface area contributed by atoms with Crippen molar-refractivity contribution < 1.29 is 13.2 Å². The Morgan fingerprint density at radius 1 is 0.964 bits per heavy atom. The van der Waals surface area contributed by atoms with Gasteiger partial charge >= 0.3 is 6.18 Å². The first-order valence-electron chi connectivity index (χ1n) is 9.90. The topological polar surface area (TPSA) is 40.7 Å². The maximum Gasteiger partial charge on any atom is 0.416 e. The number of hydrogen-bond acceptors (Lipinski definition) is 2. The molecule has 2 heterocycles. The molecule has 6 rings (SSSR count). The van der Waals surface area contributed by atoms with Crippen molar-refractivity contribution in [2.24, 2.45) is 17.8 Å².